The molecule has 1 aliphatic rings. The fourth-order valence-corrected chi connectivity index (χ4v) is 1.70. The fraction of sp³-hybridized carbons (Fsp3) is 0.286. The van der Waals surface area contributed by atoms with Crippen molar-refractivity contribution in [2.24, 2.45) is 0 Å². The molecule has 2 amide bonds. The van der Waals surface area contributed by atoms with Gasteiger partial charge in [0.05, 0.1) is 12.2 Å². The zero-order valence-corrected chi connectivity index (χ0v) is 10.3. The number of nitrogens with zero attached hydrogens (tertiary/aromatic N) is 1. The van der Waals surface area contributed by atoms with Gasteiger partial charge in [-0.3, -0.25) is 14.4 Å². The van der Waals surface area contributed by atoms with Crippen LogP contribution in [0, 0.1) is 0 Å². The molecule has 0 bridgehead atoms. The molecule has 1 aromatic rings. The summed E-state index contributed by atoms with van der Waals surface area (Å²) < 4.78 is 0. The summed E-state index contributed by atoms with van der Waals surface area (Å²) in [5, 5.41) is 0.845. The van der Waals surface area contributed by atoms with Gasteiger partial charge < -0.3 is 0 Å². The summed E-state index contributed by atoms with van der Waals surface area (Å²) in [6.07, 6.45) is 3.09. The molecule has 0 fully saturated rings. The second kappa shape index (κ2) is 5.60. The summed E-state index contributed by atoms with van der Waals surface area (Å²) in [5.41, 5.74) is 1.12. The van der Waals surface area contributed by atoms with E-state index in [1.54, 1.807) is 12.1 Å². The molecule has 4 heteroatoms. The van der Waals surface area contributed by atoms with E-state index in [1.807, 2.05) is 25.1 Å². The normalized spacial score (nSPS) is 15.2. The minimum absolute atomic E-state index is 0.379. The van der Waals surface area contributed by atoms with E-state index in [4.69, 9.17) is 4.84 Å². The predicted octanol–water partition coefficient (Wildman–Crippen LogP) is 2.17. The van der Waals surface area contributed by atoms with Crippen molar-refractivity contribution in [3.8, 4) is 0 Å². The van der Waals surface area contributed by atoms with Crippen LogP contribution >= 0.6 is 0 Å². The second-order valence-electron chi connectivity index (χ2n) is 4.05. The fourth-order valence-electron chi connectivity index (χ4n) is 1.70. The highest BCUT2D eigenvalue weighted by Gasteiger charge is 2.32. The molecule has 1 aromatic carbocycles. The van der Waals surface area contributed by atoms with E-state index >= 15 is 0 Å². The first kappa shape index (κ1) is 12.5. The zero-order chi connectivity index (χ0) is 13.0. The van der Waals surface area contributed by atoms with Crippen LogP contribution < -0.4 is 0 Å². The van der Waals surface area contributed by atoms with Crippen LogP contribution in [0.3, 0.4) is 0 Å². The molecule has 0 unspecified atom stereocenters. The Balaban J connectivity index is 2.10. The molecule has 0 radical (unpaired) electrons. The van der Waals surface area contributed by atoms with E-state index in [0.29, 0.717) is 12.2 Å². The SMILES string of the molecule is CCCCON1C(=O)C=C(c2ccccc2)C1=O. The molecule has 94 valence electrons. The van der Waals surface area contributed by atoms with Crippen LogP contribution in [0.25, 0.3) is 5.57 Å². The molecule has 1 heterocycles. The number of hydrogen-bond donors (Lipinski definition) is 0. The Morgan fingerprint density at radius 1 is 1.17 bits per heavy atom. The number of carbonyl (C=O) groups excluding carboxylic acids is 2. The highest BCUT2D eigenvalue weighted by Crippen LogP contribution is 2.23. The van der Waals surface area contributed by atoms with E-state index in [0.717, 1.165) is 23.5 Å². The third kappa shape index (κ3) is 2.49. The van der Waals surface area contributed by atoms with Gasteiger partial charge >= 0.3 is 0 Å². The van der Waals surface area contributed by atoms with Crippen LogP contribution in [-0.4, -0.2) is 23.5 Å². The maximum absolute atomic E-state index is 12.0. The van der Waals surface area contributed by atoms with Crippen LogP contribution in [0.4, 0.5) is 0 Å². The topological polar surface area (TPSA) is 46.6 Å². The molecular formula is C14H15NO3. The number of unbranched alkanes of at least 4 members (excludes halogenated alkanes) is 1. The smallest absolute Gasteiger partial charge is 0.267 e. The number of hydrogen-bond acceptors (Lipinski definition) is 3. The summed E-state index contributed by atoms with van der Waals surface area (Å²) in [6, 6.07) is 9.11. The summed E-state index contributed by atoms with van der Waals surface area (Å²) in [7, 11) is 0. The first-order valence-electron chi connectivity index (χ1n) is 6.02. The maximum atomic E-state index is 12.0. The van der Waals surface area contributed by atoms with Crippen molar-refractivity contribution in [1.29, 1.82) is 0 Å². The van der Waals surface area contributed by atoms with Crippen LogP contribution in [-0.2, 0) is 14.4 Å². The molecule has 0 saturated carbocycles. The molecule has 0 saturated heterocycles. The first-order chi connectivity index (χ1) is 8.74. The molecule has 0 spiro atoms. The standard InChI is InChI=1S/C14H15NO3/c1-2-3-9-18-15-13(16)10-12(14(15)17)11-7-5-4-6-8-11/h4-8,10H,2-3,9H2,1H3. The second-order valence-corrected chi connectivity index (χ2v) is 4.05. The van der Waals surface area contributed by atoms with Gasteiger partial charge in [-0.1, -0.05) is 43.7 Å². The lowest BCUT2D eigenvalue weighted by Gasteiger charge is -2.13. The van der Waals surface area contributed by atoms with Crippen LogP contribution in [0.1, 0.15) is 25.3 Å². The van der Waals surface area contributed by atoms with Crippen molar-refractivity contribution in [1.82, 2.24) is 5.06 Å². The van der Waals surface area contributed by atoms with Gasteiger partial charge in [0, 0.05) is 6.08 Å². The third-order valence-electron chi connectivity index (χ3n) is 2.69. The monoisotopic (exact) mass is 245 g/mol. The Kier molecular flexibility index (Phi) is 3.89. The Morgan fingerprint density at radius 3 is 2.56 bits per heavy atom. The molecule has 0 aliphatic carbocycles. The Labute approximate surface area is 106 Å². The van der Waals surface area contributed by atoms with E-state index in [2.05, 4.69) is 0 Å². The number of hydroxylamine groups is 2. The Hall–Kier alpha value is -1.94. The lowest BCUT2D eigenvalue weighted by molar-refractivity contribution is -0.185. The Bertz CT molecular complexity index is 479. The molecule has 1 aliphatic heterocycles. The number of imide groups is 1. The zero-order valence-electron chi connectivity index (χ0n) is 10.3. The summed E-state index contributed by atoms with van der Waals surface area (Å²) in [4.78, 5) is 28.9. The highest BCUT2D eigenvalue weighted by molar-refractivity contribution is 6.32. The molecular weight excluding hydrogens is 230 g/mol. The number of amides is 2. The summed E-state index contributed by atoms with van der Waals surface area (Å²) >= 11 is 0. The van der Waals surface area contributed by atoms with Crippen LogP contribution in [0.2, 0.25) is 0 Å². The maximum Gasteiger partial charge on any atom is 0.285 e. The van der Waals surface area contributed by atoms with Gasteiger partial charge in [0.1, 0.15) is 0 Å². The van der Waals surface area contributed by atoms with Gasteiger partial charge in [-0.05, 0) is 12.0 Å². The average Bonchev–Trinajstić information content (AvgIpc) is 2.68. The lowest BCUT2D eigenvalue weighted by Crippen LogP contribution is -2.31. The Morgan fingerprint density at radius 2 is 1.89 bits per heavy atom. The molecule has 0 aromatic heterocycles. The van der Waals surface area contributed by atoms with Gasteiger partial charge in [0.15, 0.2) is 0 Å². The van der Waals surface area contributed by atoms with E-state index in [9.17, 15) is 9.59 Å². The quantitative estimate of drug-likeness (QED) is 0.590. The van der Waals surface area contributed by atoms with Crippen molar-refractivity contribution >= 4 is 17.4 Å². The summed E-state index contributed by atoms with van der Waals surface area (Å²) in [6.45, 7) is 2.40. The molecule has 2 rings (SSSR count). The first-order valence-corrected chi connectivity index (χ1v) is 6.02. The van der Waals surface area contributed by atoms with Crippen LogP contribution in [0.5, 0.6) is 0 Å². The van der Waals surface area contributed by atoms with Crippen molar-refractivity contribution in [2.45, 2.75) is 19.8 Å². The molecule has 4 nitrogen and oxygen atoms in total. The van der Waals surface area contributed by atoms with Gasteiger partial charge in [-0.25, -0.2) is 0 Å². The van der Waals surface area contributed by atoms with Crippen molar-refractivity contribution in [3.63, 3.8) is 0 Å². The van der Waals surface area contributed by atoms with Crippen molar-refractivity contribution in [3.05, 3.63) is 42.0 Å². The number of carbonyl (C=O) groups is 2. The summed E-state index contributed by atoms with van der Waals surface area (Å²) in [5.74, 6) is -0.794. The van der Waals surface area contributed by atoms with Gasteiger partial charge in [0.2, 0.25) is 0 Å². The van der Waals surface area contributed by atoms with Crippen LogP contribution in [0.15, 0.2) is 36.4 Å². The van der Waals surface area contributed by atoms with E-state index < -0.39 is 5.91 Å². The molecule has 18 heavy (non-hydrogen) atoms. The van der Waals surface area contributed by atoms with E-state index in [-0.39, 0.29) is 5.91 Å². The van der Waals surface area contributed by atoms with Crippen molar-refractivity contribution in [2.75, 3.05) is 6.61 Å². The molecule has 0 N–H and O–H groups in total. The largest absolute Gasteiger partial charge is 0.285 e. The average molecular weight is 245 g/mol. The van der Waals surface area contributed by atoms with E-state index in [1.165, 1.54) is 6.08 Å². The highest BCUT2D eigenvalue weighted by atomic mass is 16.7. The minimum Gasteiger partial charge on any atom is -0.267 e. The number of rotatable bonds is 5. The van der Waals surface area contributed by atoms with Crippen molar-refractivity contribution < 1.29 is 14.4 Å². The predicted molar refractivity (Wildman–Crippen MR) is 67.1 cm³/mol. The van der Waals surface area contributed by atoms with Gasteiger partial charge in [-0.15, -0.1) is 5.06 Å². The lowest BCUT2D eigenvalue weighted by atomic mass is 10.1. The minimum atomic E-state index is -0.407. The number of benzene rings is 1. The third-order valence-corrected chi connectivity index (χ3v) is 2.69. The van der Waals surface area contributed by atoms with Gasteiger partial charge in [0.25, 0.3) is 11.8 Å². The molecule has 0 atom stereocenters. The van der Waals surface area contributed by atoms with Gasteiger partial charge in [-0.2, -0.15) is 0 Å².